The summed E-state index contributed by atoms with van der Waals surface area (Å²) >= 11 is 0. The lowest BCUT2D eigenvalue weighted by Gasteiger charge is -2.32. The van der Waals surface area contributed by atoms with Crippen molar-refractivity contribution in [1.82, 2.24) is 15.1 Å². The lowest BCUT2D eigenvalue weighted by atomic mass is 9.87. The third-order valence-electron chi connectivity index (χ3n) is 5.47. The largest absolute Gasteiger partial charge is 0.326 e. The zero-order valence-corrected chi connectivity index (χ0v) is 14.8. The standard InChI is InChI=1S/C19H27N3O2/c1-4-19(16-7-5-14(2)6-8-16)17(23)22(18(24)20-19)13-21-11-9-15(3)10-12-21/h5-8,15H,4,9-13H2,1-3H3,(H,20,24)/t19-/m0/s1. The number of rotatable bonds is 4. The van der Waals surface area contributed by atoms with Crippen LogP contribution in [-0.2, 0) is 10.3 Å². The molecule has 24 heavy (non-hydrogen) atoms. The van der Waals surface area contributed by atoms with Crippen molar-refractivity contribution in [3.8, 4) is 0 Å². The summed E-state index contributed by atoms with van der Waals surface area (Å²) in [5.74, 6) is 0.601. The fourth-order valence-electron chi connectivity index (χ4n) is 3.64. The molecule has 0 aliphatic carbocycles. The van der Waals surface area contributed by atoms with Crippen LogP contribution in [0.5, 0.6) is 0 Å². The maximum absolute atomic E-state index is 13.1. The van der Waals surface area contributed by atoms with Crippen molar-refractivity contribution in [2.45, 2.75) is 45.6 Å². The maximum atomic E-state index is 13.1. The van der Waals surface area contributed by atoms with Gasteiger partial charge in [-0.05, 0) is 37.7 Å². The van der Waals surface area contributed by atoms with Gasteiger partial charge in [0.1, 0.15) is 5.54 Å². The summed E-state index contributed by atoms with van der Waals surface area (Å²) in [4.78, 5) is 29.2. The minimum Gasteiger partial charge on any atom is -0.319 e. The molecule has 2 saturated heterocycles. The highest BCUT2D eigenvalue weighted by molar-refractivity contribution is 6.07. The molecule has 1 N–H and O–H groups in total. The highest BCUT2D eigenvalue weighted by Crippen LogP contribution is 2.33. The van der Waals surface area contributed by atoms with E-state index in [0.717, 1.165) is 43.0 Å². The summed E-state index contributed by atoms with van der Waals surface area (Å²) in [5.41, 5.74) is 1.08. The predicted octanol–water partition coefficient (Wildman–Crippen LogP) is 2.84. The Balaban J connectivity index is 1.80. The lowest BCUT2D eigenvalue weighted by Crippen LogP contribution is -2.46. The molecule has 3 amide bonds. The highest BCUT2D eigenvalue weighted by Gasteiger charge is 2.51. The number of urea groups is 1. The first-order valence-corrected chi connectivity index (χ1v) is 8.90. The molecule has 5 heteroatoms. The Morgan fingerprint density at radius 3 is 2.38 bits per heavy atom. The van der Waals surface area contributed by atoms with E-state index in [1.807, 2.05) is 38.1 Å². The van der Waals surface area contributed by atoms with Gasteiger partial charge in [0.2, 0.25) is 0 Å². The summed E-state index contributed by atoms with van der Waals surface area (Å²) in [6, 6.07) is 7.59. The number of carbonyl (C=O) groups excluding carboxylic acids is 2. The van der Waals surface area contributed by atoms with Crippen LogP contribution >= 0.6 is 0 Å². The van der Waals surface area contributed by atoms with Crippen LogP contribution in [0.3, 0.4) is 0 Å². The van der Waals surface area contributed by atoms with E-state index in [1.54, 1.807) is 0 Å². The van der Waals surface area contributed by atoms with Crippen LogP contribution in [0.2, 0.25) is 0 Å². The molecular weight excluding hydrogens is 302 g/mol. The van der Waals surface area contributed by atoms with Crippen LogP contribution in [-0.4, -0.2) is 41.5 Å². The first-order chi connectivity index (χ1) is 11.5. The number of hydrogen-bond donors (Lipinski definition) is 1. The number of hydrogen-bond acceptors (Lipinski definition) is 3. The number of benzene rings is 1. The summed E-state index contributed by atoms with van der Waals surface area (Å²) < 4.78 is 0. The van der Waals surface area contributed by atoms with Gasteiger partial charge in [-0.15, -0.1) is 0 Å². The highest BCUT2D eigenvalue weighted by atomic mass is 16.2. The van der Waals surface area contributed by atoms with Crippen molar-refractivity contribution in [1.29, 1.82) is 0 Å². The van der Waals surface area contributed by atoms with Gasteiger partial charge in [-0.25, -0.2) is 9.69 Å². The van der Waals surface area contributed by atoms with Gasteiger partial charge in [-0.3, -0.25) is 9.69 Å². The molecule has 0 spiro atoms. The molecular formula is C19H27N3O2. The zero-order chi connectivity index (χ0) is 17.3. The lowest BCUT2D eigenvalue weighted by molar-refractivity contribution is -0.133. The Morgan fingerprint density at radius 2 is 1.79 bits per heavy atom. The van der Waals surface area contributed by atoms with E-state index in [1.165, 1.54) is 4.90 Å². The number of aryl methyl sites for hydroxylation is 1. The molecule has 2 aliphatic heterocycles. The number of nitrogens with one attached hydrogen (secondary N) is 1. The van der Waals surface area contributed by atoms with E-state index in [9.17, 15) is 9.59 Å². The van der Waals surface area contributed by atoms with Gasteiger partial charge in [0.15, 0.2) is 0 Å². The number of carbonyl (C=O) groups is 2. The third-order valence-corrected chi connectivity index (χ3v) is 5.47. The quantitative estimate of drug-likeness (QED) is 0.864. The van der Waals surface area contributed by atoms with Crippen molar-refractivity contribution in [2.24, 2.45) is 5.92 Å². The average Bonchev–Trinajstić information content (AvgIpc) is 2.82. The maximum Gasteiger partial charge on any atom is 0.326 e. The fraction of sp³-hybridized carbons (Fsp3) is 0.579. The van der Waals surface area contributed by atoms with Gasteiger partial charge in [-0.2, -0.15) is 0 Å². The molecule has 5 nitrogen and oxygen atoms in total. The Labute approximate surface area is 144 Å². The second-order valence-electron chi connectivity index (χ2n) is 7.23. The van der Waals surface area contributed by atoms with Crippen molar-refractivity contribution in [3.63, 3.8) is 0 Å². The van der Waals surface area contributed by atoms with E-state index in [4.69, 9.17) is 0 Å². The summed E-state index contributed by atoms with van der Waals surface area (Å²) in [6.45, 7) is 8.50. The zero-order valence-electron chi connectivity index (χ0n) is 14.8. The van der Waals surface area contributed by atoms with Gasteiger partial charge in [-0.1, -0.05) is 43.7 Å². The van der Waals surface area contributed by atoms with Crippen LogP contribution in [0.15, 0.2) is 24.3 Å². The number of imide groups is 1. The van der Waals surface area contributed by atoms with Gasteiger partial charge in [0, 0.05) is 13.1 Å². The molecule has 2 heterocycles. The molecule has 0 unspecified atom stereocenters. The summed E-state index contributed by atoms with van der Waals surface area (Å²) in [6.07, 6.45) is 2.80. The molecule has 1 atom stereocenters. The smallest absolute Gasteiger partial charge is 0.319 e. The van der Waals surface area contributed by atoms with Crippen LogP contribution in [0.25, 0.3) is 0 Å². The number of likely N-dealkylation sites (tertiary alicyclic amines) is 1. The van der Waals surface area contributed by atoms with E-state index in [0.29, 0.717) is 13.1 Å². The average molecular weight is 329 g/mol. The Kier molecular flexibility index (Phi) is 4.63. The number of amides is 3. The third kappa shape index (κ3) is 2.93. The molecule has 0 bridgehead atoms. The van der Waals surface area contributed by atoms with Crippen molar-refractivity contribution in [2.75, 3.05) is 19.8 Å². The number of piperidine rings is 1. The van der Waals surface area contributed by atoms with Gasteiger partial charge >= 0.3 is 6.03 Å². The van der Waals surface area contributed by atoms with E-state index >= 15 is 0 Å². The van der Waals surface area contributed by atoms with Crippen molar-refractivity contribution >= 4 is 11.9 Å². The van der Waals surface area contributed by atoms with Gasteiger partial charge in [0.25, 0.3) is 5.91 Å². The molecule has 130 valence electrons. The van der Waals surface area contributed by atoms with Crippen molar-refractivity contribution in [3.05, 3.63) is 35.4 Å². The molecule has 1 aromatic rings. The Bertz CT molecular complexity index is 620. The second-order valence-corrected chi connectivity index (χ2v) is 7.23. The van der Waals surface area contributed by atoms with Crippen LogP contribution in [0, 0.1) is 12.8 Å². The molecule has 2 aliphatic rings. The SMILES string of the molecule is CC[C@@]1(c2ccc(C)cc2)NC(=O)N(CN2CCC(C)CC2)C1=O. The predicted molar refractivity (Wildman–Crippen MR) is 93.4 cm³/mol. The Hall–Kier alpha value is -1.88. The van der Waals surface area contributed by atoms with E-state index in [-0.39, 0.29) is 11.9 Å². The molecule has 0 radical (unpaired) electrons. The summed E-state index contributed by atoms with van der Waals surface area (Å²) in [7, 11) is 0. The van der Waals surface area contributed by atoms with E-state index in [2.05, 4.69) is 17.1 Å². The van der Waals surface area contributed by atoms with Crippen LogP contribution in [0.1, 0.15) is 44.2 Å². The van der Waals surface area contributed by atoms with Crippen molar-refractivity contribution < 1.29 is 9.59 Å². The fourth-order valence-corrected chi connectivity index (χ4v) is 3.64. The molecule has 2 fully saturated rings. The second kappa shape index (κ2) is 6.55. The van der Waals surface area contributed by atoms with E-state index < -0.39 is 5.54 Å². The Morgan fingerprint density at radius 1 is 1.17 bits per heavy atom. The number of nitrogens with zero attached hydrogens (tertiary/aromatic N) is 2. The van der Waals surface area contributed by atoms with Crippen LogP contribution < -0.4 is 5.32 Å². The molecule has 3 rings (SSSR count). The van der Waals surface area contributed by atoms with Gasteiger partial charge < -0.3 is 5.32 Å². The molecule has 1 aromatic carbocycles. The first-order valence-electron chi connectivity index (χ1n) is 8.90. The minimum atomic E-state index is -0.923. The summed E-state index contributed by atoms with van der Waals surface area (Å²) in [5, 5.41) is 2.96. The molecule has 0 aromatic heterocycles. The van der Waals surface area contributed by atoms with Gasteiger partial charge in [0.05, 0.1) is 6.67 Å². The minimum absolute atomic E-state index is 0.127. The normalized spacial score (nSPS) is 26.0. The molecule has 0 saturated carbocycles. The van der Waals surface area contributed by atoms with Crippen LogP contribution in [0.4, 0.5) is 4.79 Å². The monoisotopic (exact) mass is 329 g/mol. The topological polar surface area (TPSA) is 52.7 Å². The first kappa shape index (κ1) is 17.0.